The van der Waals surface area contributed by atoms with E-state index in [9.17, 15) is 18.0 Å². The molecular weight excluding hydrogens is 425 g/mol. The van der Waals surface area contributed by atoms with Crippen LogP contribution in [0.3, 0.4) is 0 Å². The molecule has 0 fully saturated rings. The van der Waals surface area contributed by atoms with E-state index in [1.54, 1.807) is 6.92 Å². The average Bonchev–Trinajstić information content (AvgIpc) is 3.16. The second-order valence-electron chi connectivity index (χ2n) is 5.96. The minimum Gasteiger partial charge on any atom is -0.406 e. The van der Waals surface area contributed by atoms with Crippen LogP contribution in [0.15, 0.2) is 42.9 Å². The number of hydrogen-bond donors (Lipinski definition) is 1. The Bertz CT molecular complexity index is 1130. The number of benzene rings is 1. The minimum absolute atomic E-state index is 0.102. The number of carbonyl (C=O) groups excluding carboxylic acids is 1. The summed E-state index contributed by atoms with van der Waals surface area (Å²) in [5, 5.41) is 15.6. The molecule has 0 spiro atoms. The summed E-state index contributed by atoms with van der Waals surface area (Å²) < 4.78 is 42.5. The summed E-state index contributed by atoms with van der Waals surface area (Å²) in [5.41, 5.74) is 0.221. The summed E-state index contributed by atoms with van der Waals surface area (Å²) in [4.78, 5) is 20.8. The van der Waals surface area contributed by atoms with E-state index in [2.05, 4.69) is 25.1 Å². The second kappa shape index (κ2) is 8.38. The summed E-state index contributed by atoms with van der Waals surface area (Å²) >= 11 is 5.80. The third-order valence-corrected chi connectivity index (χ3v) is 3.99. The molecule has 0 aliphatic rings. The molecule has 0 bridgehead atoms. The summed E-state index contributed by atoms with van der Waals surface area (Å²) in [7, 11) is 0. The summed E-state index contributed by atoms with van der Waals surface area (Å²) in [6.07, 6.45) is -2.25. The zero-order chi connectivity index (χ0) is 21.9. The van der Waals surface area contributed by atoms with E-state index in [0.29, 0.717) is 17.2 Å². The van der Waals surface area contributed by atoms with Gasteiger partial charge in [-0.2, -0.15) is 15.0 Å². The summed E-state index contributed by atoms with van der Waals surface area (Å²) in [6, 6.07) is 7.35. The first kappa shape index (κ1) is 21.1. The van der Waals surface area contributed by atoms with Crippen LogP contribution in [-0.2, 0) is 0 Å². The first-order chi connectivity index (χ1) is 14.2. The molecule has 1 aromatic carbocycles. The molecule has 30 heavy (non-hydrogen) atoms. The lowest BCUT2D eigenvalue weighted by molar-refractivity contribution is -0.274. The number of nitrogens with one attached hydrogen (secondary N) is 1. The van der Waals surface area contributed by atoms with E-state index < -0.39 is 24.1 Å². The number of nitrogens with zero attached hydrogens (tertiary/aromatic N) is 5. The molecule has 154 valence electrons. The fourth-order valence-corrected chi connectivity index (χ4v) is 2.78. The SMILES string of the molecule is C[C@H](NC(=O)c1cc(Cl)cc(OC(F)(F)F)c1)c1ncnn1-c1cc(C#N)ccn1. The number of ether oxygens (including phenoxy) is 1. The molecule has 1 atom stereocenters. The summed E-state index contributed by atoms with van der Waals surface area (Å²) in [6.45, 7) is 1.60. The van der Waals surface area contributed by atoms with Gasteiger partial charge in [0, 0.05) is 22.8 Å². The van der Waals surface area contributed by atoms with Crippen LogP contribution in [0.4, 0.5) is 13.2 Å². The molecule has 8 nitrogen and oxygen atoms in total. The molecule has 0 saturated carbocycles. The molecular formula is C18H12ClF3N6O2. The first-order valence-electron chi connectivity index (χ1n) is 8.30. The Hall–Kier alpha value is -3.65. The predicted molar refractivity (Wildman–Crippen MR) is 97.9 cm³/mol. The first-order valence-corrected chi connectivity index (χ1v) is 8.68. The lowest BCUT2D eigenvalue weighted by Gasteiger charge is -2.15. The number of carbonyl (C=O) groups is 1. The van der Waals surface area contributed by atoms with Crippen molar-refractivity contribution >= 4 is 17.5 Å². The standard InChI is InChI=1S/C18H12ClF3N6O2/c1-10(16-25-9-26-28(16)15-4-11(8-23)2-3-24-15)27-17(29)12-5-13(19)7-14(6-12)30-18(20,21)22/h2-7,9-10H,1H3,(H,27,29)/t10-/m0/s1. The van der Waals surface area contributed by atoms with Crippen molar-refractivity contribution < 1.29 is 22.7 Å². The van der Waals surface area contributed by atoms with Crippen molar-refractivity contribution in [3.63, 3.8) is 0 Å². The van der Waals surface area contributed by atoms with Crippen LogP contribution in [-0.4, -0.2) is 32.0 Å². The fourth-order valence-electron chi connectivity index (χ4n) is 2.56. The van der Waals surface area contributed by atoms with Gasteiger partial charge in [0.15, 0.2) is 11.6 Å². The largest absolute Gasteiger partial charge is 0.573 e. The number of aromatic nitrogens is 4. The number of rotatable bonds is 5. The van der Waals surface area contributed by atoms with Gasteiger partial charge in [-0.15, -0.1) is 13.2 Å². The topological polar surface area (TPSA) is 106 Å². The zero-order valence-electron chi connectivity index (χ0n) is 15.2. The molecule has 0 saturated heterocycles. The highest BCUT2D eigenvalue weighted by molar-refractivity contribution is 6.31. The molecule has 0 radical (unpaired) electrons. The highest BCUT2D eigenvalue weighted by Gasteiger charge is 2.31. The molecule has 0 aliphatic carbocycles. The van der Waals surface area contributed by atoms with Gasteiger partial charge >= 0.3 is 6.36 Å². The summed E-state index contributed by atoms with van der Waals surface area (Å²) in [5.74, 6) is -0.718. The van der Waals surface area contributed by atoms with Crippen molar-refractivity contribution in [1.29, 1.82) is 5.26 Å². The average molecular weight is 437 g/mol. The number of alkyl halides is 3. The lowest BCUT2D eigenvalue weighted by atomic mass is 10.2. The van der Waals surface area contributed by atoms with Gasteiger partial charge < -0.3 is 10.1 Å². The Kier molecular flexibility index (Phi) is 5.89. The van der Waals surface area contributed by atoms with E-state index in [0.717, 1.165) is 12.1 Å². The van der Waals surface area contributed by atoms with E-state index in [1.807, 2.05) is 6.07 Å². The number of hydrogen-bond acceptors (Lipinski definition) is 6. The Labute approximate surface area is 172 Å². The van der Waals surface area contributed by atoms with Crippen molar-refractivity contribution in [2.45, 2.75) is 19.3 Å². The van der Waals surface area contributed by atoms with Gasteiger partial charge in [-0.25, -0.2) is 9.97 Å². The molecule has 0 aliphatic heterocycles. The van der Waals surface area contributed by atoms with E-state index in [-0.39, 0.29) is 10.6 Å². The highest BCUT2D eigenvalue weighted by Crippen LogP contribution is 2.27. The third kappa shape index (κ3) is 5.03. The maximum absolute atomic E-state index is 12.5. The monoisotopic (exact) mass is 436 g/mol. The smallest absolute Gasteiger partial charge is 0.406 e. The molecule has 3 aromatic rings. The lowest BCUT2D eigenvalue weighted by Crippen LogP contribution is -2.29. The molecule has 2 aromatic heterocycles. The van der Waals surface area contributed by atoms with Crippen molar-refractivity contribution in [3.05, 3.63) is 64.8 Å². The van der Waals surface area contributed by atoms with Crippen LogP contribution in [0.2, 0.25) is 5.02 Å². The number of pyridine rings is 1. The van der Waals surface area contributed by atoms with Crippen LogP contribution in [0.1, 0.15) is 34.7 Å². The number of amides is 1. The molecule has 3 rings (SSSR count). The molecule has 12 heteroatoms. The van der Waals surface area contributed by atoms with Crippen molar-refractivity contribution in [2.75, 3.05) is 0 Å². The van der Waals surface area contributed by atoms with Crippen LogP contribution in [0.25, 0.3) is 5.82 Å². The van der Waals surface area contributed by atoms with Crippen molar-refractivity contribution in [1.82, 2.24) is 25.1 Å². The van der Waals surface area contributed by atoms with E-state index in [4.69, 9.17) is 16.9 Å². The highest BCUT2D eigenvalue weighted by atomic mass is 35.5. The van der Waals surface area contributed by atoms with Crippen LogP contribution >= 0.6 is 11.6 Å². The van der Waals surface area contributed by atoms with Crippen LogP contribution in [0.5, 0.6) is 5.75 Å². The normalized spacial score (nSPS) is 12.1. The fraction of sp³-hybridized carbons (Fsp3) is 0.167. The molecule has 0 unspecified atom stereocenters. The Morgan fingerprint density at radius 3 is 2.77 bits per heavy atom. The van der Waals surface area contributed by atoms with Gasteiger partial charge in [-0.05, 0) is 31.2 Å². The number of nitriles is 1. The third-order valence-electron chi connectivity index (χ3n) is 3.77. The van der Waals surface area contributed by atoms with E-state index in [1.165, 1.54) is 35.4 Å². The zero-order valence-corrected chi connectivity index (χ0v) is 15.9. The maximum atomic E-state index is 12.5. The molecule has 1 N–H and O–H groups in total. The van der Waals surface area contributed by atoms with Gasteiger partial charge in [0.2, 0.25) is 0 Å². The molecule has 2 heterocycles. The molecule has 1 amide bonds. The van der Waals surface area contributed by atoms with Crippen LogP contribution < -0.4 is 10.1 Å². The van der Waals surface area contributed by atoms with Gasteiger partial charge in [0.05, 0.1) is 17.7 Å². The van der Waals surface area contributed by atoms with Gasteiger partial charge in [-0.3, -0.25) is 4.79 Å². The quantitative estimate of drug-likeness (QED) is 0.655. The predicted octanol–water partition coefficient (Wildman–Crippen LogP) is 3.58. The Morgan fingerprint density at radius 1 is 1.30 bits per heavy atom. The minimum atomic E-state index is -4.92. The van der Waals surface area contributed by atoms with Gasteiger partial charge in [0.25, 0.3) is 5.91 Å². The Balaban J connectivity index is 1.82. The van der Waals surface area contributed by atoms with Crippen molar-refractivity contribution in [2.24, 2.45) is 0 Å². The second-order valence-corrected chi connectivity index (χ2v) is 6.40. The van der Waals surface area contributed by atoms with Crippen molar-refractivity contribution in [3.8, 4) is 17.6 Å². The van der Waals surface area contributed by atoms with Crippen LogP contribution in [0, 0.1) is 11.3 Å². The van der Waals surface area contributed by atoms with E-state index >= 15 is 0 Å². The van der Waals surface area contributed by atoms with Gasteiger partial charge in [-0.1, -0.05) is 11.6 Å². The maximum Gasteiger partial charge on any atom is 0.573 e. The van der Waals surface area contributed by atoms with Gasteiger partial charge in [0.1, 0.15) is 12.1 Å². The Morgan fingerprint density at radius 2 is 2.07 bits per heavy atom. The number of halogens is 4.